The van der Waals surface area contributed by atoms with Crippen molar-refractivity contribution < 1.29 is 0 Å². The molecule has 2 heteroatoms. The van der Waals surface area contributed by atoms with E-state index in [1.54, 1.807) is 0 Å². The van der Waals surface area contributed by atoms with Gasteiger partial charge in [0.25, 0.3) is 0 Å². The number of fused-ring (bicyclic) bond motifs is 1. The van der Waals surface area contributed by atoms with Crippen LogP contribution in [0.2, 0.25) is 0 Å². The molecule has 0 unspecified atom stereocenters. The first-order valence-electron chi connectivity index (χ1n) is 8.00. The Bertz CT molecular complexity index is 806. The summed E-state index contributed by atoms with van der Waals surface area (Å²) >= 11 is 0. The highest BCUT2D eigenvalue weighted by atomic mass is 14.9. The molecule has 0 aliphatic carbocycles. The summed E-state index contributed by atoms with van der Waals surface area (Å²) in [7, 11) is 1.50. The van der Waals surface area contributed by atoms with Crippen LogP contribution in [-0.2, 0) is 6.54 Å². The third-order valence-corrected chi connectivity index (χ3v) is 3.82. The van der Waals surface area contributed by atoms with Gasteiger partial charge in [0, 0.05) is 23.6 Å². The second-order valence-corrected chi connectivity index (χ2v) is 5.89. The van der Waals surface area contributed by atoms with Gasteiger partial charge in [0.15, 0.2) is 0 Å². The second-order valence-electron chi connectivity index (χ2n) is 5.89. The Hall–Kier alpha value is -2.32. The molecule has 23 heavy (non-hydrogen) atoms. The molecule has 0 aliphatic rings. The van der Waals surface area contributed by atoms with Crippen molar-refractivity contribution in [3.8, 4) is 11.1 Å². The summed E-state index contributed by atoms with van der Waals surface area (Å²) < 4.78 is 2.29. The largest absolute Gasteiger partial charge is 0.344 e. The molecule has 0 bridgehead atoms. The fourth-order valence-electron chi connectivity index (χ4n) is 2.64. The highest BCUT2D eigenvalue weighted by Crippen LogP contribution is 2.26. The zero-order chi connectivity index (χ0) is 16.8. The SMILES string of the molecule is CC(C)=CCn1ccc2cc(-c3cccc(C)c3)ccc21.CN. The van der Waals surface area contributed by atoms with Gasteiger partial charge in [-0.25, -0.2) is 0 Å². The van der Waals surface area contributed by atoms with E-state index in [1.807, 2.05) is 0 Å². The van der Waals surface area contributed by atoms with Gasteiger partial charge >= 0.3 is 0 Å². The quantitative estimate of drug-likeness (QED) is 0.666. The molecule has 2 N–H and O–H groups in total. The van der Waals surface area contributed by atoms with Crippen LogP contribution in [0.4, 0.5) is 0 Å². The Morgan fingerprint density at radius 2 is 1.74 bits per heavy atom. The van der Waals surface area contributed by atoms with Crippen LogP contribution < -0.4 is 5.73 Å². The number of benzene rings is 2. The molecule has 0 spiro atoms. The van der Waals surface area contributed by atoms with Gasteiger partial charge in [0.1, 0.15) is 0 Å². The van der Waals surface area contributed by atoms with Crippen LogP contribution in [0.25, 0.3) is 22.0 Å². The number of hydrogen-bond donors (Lipinski definition) is 1. The third-order valence-electron chi connectivity index (χ3n) is 3.82. The summed E-state index contributed by atoms with van der Waals surface area (Å²) in [6.45, 7) is 7.36. The average molecular weight is 306 g/mol. The van der Waals surface area contributed by atoms with Crippen LogP contribution in [0.15, 0.2) is 66.4 Å². The van der Waals surface area contributed by atoms with E-state index in [-0.39, 0.29) is 0 Å². The molecule has 0 amide bonds. The van der Waals surface area contributed by atoms with E-state index in [1.165, 1.54) is 40.2 Å². The zero-order valence-corrected chi connectivity index (χ0v) is 14.5. The van der Waals surface area contributed by atoms with E-state index in [9.17, 15) is 0 Å². The lowest BCUT2D eigenvalue weighted by atomic mass is 10.0. The standard InChI is InChI=1S/C20H21N.CH5N/c1-15(2)9-11-21-12-10-19-14-18(7-8-20(19)21)17-6-4-5-16(3)13-17;1-2/h4-10,12-14H,11H2,1-3H3;2H2,1H3. The van der Waals surface area contributed by atoms with E-state index < -0.39 is 0 Å². The topological polar surface area (TPSA) is 30.9 Å². The molecular weight excluding hydrogens is 280 g/mol. The van der Waals surface area contributed by atoms with Gasteiger partial charge in [-0.3, -0.25) is 0 Å². The Morgan fingerprint density at radius 1 is 1.00 bits per heavy atom. The predicted octanol–water partition coefficient (Wildman–Crippen LogP) is 5.16. The van der Waals surface area contributed by atoms with Crippen LogP contribution in [-0.4, -0.2) is 11.6 Å². The maximum atomic E-state index is 4.50. The first kappa shape index (κ1) is 17.0. The van der Waals surface area contributed by atoms with E-state index in [0.717, 1.165) is 6.54 Å². The highest BCUT2D eigenvalue weighted by Gasteiger charge is 2.03. The Kier molecular flexibility index (Phi) is 5.78. The smallest absolute Gasteiger partial charge is 0.0483 e. The minimum atomic E-state index is 0.940. The molecule has 2 aromatic carbocycles. The summed E-state index contributed by atoms with van der Waals surface area (Å²) in [6, 6.07) is 17.6. The Balaban J connectivity index is 0.000000924. The molecule has 0 saturated carbocycles. The van der Waals surface area contributed by atoms with Crippen molar-refractivity contribution in [1.29, 1.82) is 0 Å². The summed E-state index contributed by atoms with van der Waals surface area (Å²) in [6.07, 6.45) is 4.43. The summed E-state index contributed by atoms with van der Waals surface area (Å²) in [5.41, 5.74) is 11.0. The van der Waals surface area contributed by atoms with Crippen molar-refractivity contribution in [2.45, 2.75) is 27.3 Å². The number of nitrogens with zero attached hydrogens (tertiary/aromatic N) is 1. The normalized spacial score (nSPS) is 10.1. The van der Waals surface area contributed by atoms with Gasteiger partial charge in [0.2, 0.25) is 0 Å². The maximum Gasteiger partial charge on any atom is 0.0483 e. The van der Waals surface area contributed by atoms with Crippen molar-refractivity contribution >= 4 is 10.9 Å². The summed E-state index contributed by atoms with van der Waals surface area (Å²) in [4.78, 5) is 0. The van der Waals surface area contributed by atoms with Crippen LogP contribution in [0, 0.1) is 6.92 Å². The highest BCUT2D eigenvalue weighted by molar-refractivity contribution is 5.85. The van der Waals surface area contributed by atoms with Gasteiger partial charge in [-0.2, -0.15) is 0 Å². The minimum absolute atomic E-state index is 0.940. The number of aromatic nitrogens is 1. The van der Waals surface area contributed by atoms with Gasteiger partial charge < -0.3 is 10.3 Å². The van der Waals surface area contributed by atoms with E-state index in [0.29, 0.717) is 0 Å². The lowest BCUT2D eigenvalue weighted by Crippen LogP contribution is -1.92. The molecule has 0 radical (unpaired) electrons. The van der Waals surface area contributed by atoms with E-state index in [2.05, 4.69) is 91.9 Å². The van der Waals surface area contributed by atoms with Crippen molar-refractivity contribution in [2.75, 3.05) is 7.05 Å². The lowest BCUT2D eigenvalue weighted by Gasteiger charge is -2.06. The van der Waals surface area contributed by atoms with Crippen LogP contribution >= 0.6 is 0 Å². The molecular formula is C21H26N2. The number of rotatable bonds is 3. The van der Waals surface area contributed by atoms with E-state index >= 15 is 0 Å². The summed E-state index contributed by atoms with van der Waals surface area (Å²) in [5, 5.41) is 1.30. The number of hydrogen-bond acceptors (Lipinski definition) is 1. The van der Waals surface area contributed by atoms with Crippen LogP contribution in [0.5, 0.6) is 0 Å². The monoisotopic (exact) mass is 306 g/mol. The first-order chi connectivity index (χ1) is 11.1. The molecule has 1 aromatic heterocycles. The van der Waals surface area contributed by atoms with Crippen molar-refractivity contribution in [3.05, 3.63) is 71.9 Å². The Labute approximate surface area is 139 Å². The summed E-state index contributed by atoms with van der Waals surface area (Å²) in [5.74, 6) is 0. The van der Waals surface area contributed by atoms with Gasteiger partial charge in [-0.1, -0.05) is 47.5 Å². The van der Waals surface area contributed by atoms with Crippen molar-refractivity contribution in [1.82, 2.24) is 4.57 Å². The molecule has 1 heterocycles. The van der Waals surface area contributed by atoms with Gasteiger partial charge in [-0.05, 0) is 57.1 Å². The number of aryl methyl sites for hydroxylation is 1. The fraction of sp³-hybridized carbons (Fsp3) is 0.238. The molecule has 120 valence electrons. The molecule has 0 fully saturated rings. The molecule has 3 rings (SSSR count). The molecule has 0 aliphatic heterocycles. The van der Waals surface area contributed by atoms with E-state index in [4.69, 9.17) is 0 Å². The maximum absolute atomic E-state index is 4.50. The number of nitrogens with two attached hydrogens (primary N) is 1. The third kappa shape index (κ3) is 4.11. The second kappa shape index (κ2) is 7.80. The zero-order valence-electron chi connectivity index (χ0n) is 14.5. The van der Waals surface area contributed by atoms with Gasteiger partial charge in [0.05, 0.1) is 0 Å². The number of allylic oxidation sites excluding steroid dienone is 2. The lowest BCUT2D eigenvalue weighted by molar-refractivity contribution is 0.856. The molecule has 0 atom stereocenters. The van der Waals surface area contributed by atoms with Crippen molar-refractivity contribution in [2.24, 2.45) is 5.73 Å². The molecule has 0 saturated heterocycles. The molecule has 2 nitrogen and oxygen atoms in total. The fourth-order valence-corrected chi connectivity index (χ4v) is 2.64. The molecule has 3 aromatic rings. The minimum Gasteiger partial charge on any atom is -0.344 e. The van der Waals surface area contributed by atoms with Crippen molar-refractivity contribution in [3.63, 3.8) is 0 Å². The van der Waals surface area contributed by atoms with Gasteiger partial charge in [-0.15, -0.1) is 0 Å². The van der Waals surface area contributed by atoms with Crippen LogP contribution in [0.1, 0.15) is 19.4 Å². The first-order valence-corrected chi connectivity index (χ1v) is 8.00. The average Bonchev–Trinajstić information content (AvgIpc) is 2.97. The predicted molar refractivity (Wildman–Crippen MR) is 102 cm³/mol. The van der Waals surface area contributed by atoms with Crippen LogP contribution in [0.3, 0.4) is 0 Å². The Morgan fingerprint density at radius 3 is 2.43 bits per heavy atom.